The molecule has 27 heavy (non-hydrogen) atoms. The topological polar surface area (TPSA) is 59.0 Å². The van der Waals surface area contributed by atoms with Gasteiger partial charge >= 0.3 is 0 Å². The number of rotatable bonds is 6. The smallest absolute Gasteiger partial charge is 0.225 e. The zero-order chi connectivity index (χ0) is 17.8. The van der Waals surface area contributed by atoms with Crippen LogP contribution >= 0.6 is 36.4 Å². The van der Waals surface area contributed by atoms with Gasteiger partial charge in [-0.15, -0.1) is 24.8 Å². The van der Waals surface area contributed by atoms with Gasteiger partial charge in [-0.2, -0.15) is 0 Å². The van der Waals surface area contributed by atoms with Crippen LogP contribution in [0.15, 0.2) is 42.5 Å². The number of aryl methyl sites for hydroxylation is 1. The fraction of sp³-hybridized carbons (Fsp3) is 0.263. The highest BCUT2D eigenvalue weighted by atomic mass is 35.5. The van der Waals surface area contributed by atoms with Gasteiger partial charge in [0.15, 0.2) is 0 Å². The van der Waals surface area contributed by atoms with Gasteiger partial charge in [-0.25, -0.2) is 4.98 Å². The summed E-state index contributed by atoms with van der Waals surface area (Å²) in [6, 6.07) is 13.6. The van der Waals surface area contributed by atoms with Crippen molar-refractivity contribution in [3.8, 4) is 0 Å². The summed E-state index contributed by atoms with van der Waals surface area (Å²) in [6.45, 7) is 3.23. The molecule has 0 radical (unpaired) electrons. The Labute approximate surface area is 176 Å². The molecule has 0 saturated heterocycles. The number of nitrogens with zero attached hydrogens (tertiary/aromatic N) is 2. The van der Waals surface area contributed by atoms with E-state index in [0.717, 1.165) is 28.1 Å². The van der Waals surface area contributed by atoms with Crippen molar-refractivity contribution in [2.24, 2.45) is 0 Å². The van der Waals surface area contributed by atoms with Crippen LogP contribution in [0.4, 0.5) is 5.69 Å². The standard InChI is InChI=1S/C19H21ClN4O.2ClH/c1-13-22-17-5-3-4-6-18(17)24(13)12-14-11-15(7-8-16(14)20)23-19(25)9-10-21-2;;/h3-8,11,21H,9-10,12H2,1-2H3,(H,23,25);2*1H. The Balaban J connectivity index is 0.00000182. The Morgan fingerprint density at radius 1 is 1.19 bits per heavy atom. The van der Waals surface area contributed by atoms with E-state index < -0.39 is 0 Å². The lowest BCUT2D eigenvalue weighted by Gasteiger charge is -2.12. The first-order valence-electron chi connectivity index (χ1n) is 8.23. The van der Waals surface area contributed by atoms with Crippen molar-refractivity contribution in [2.45, 2.75) is 19.9 Å². The van der Waals surface area contributed by atoms with Crippen molar-refractivity contribution < 1.29 is 4.79 Å². The predicted octanol–water partition coefficient (Wildman–Crippen LogP) is 4.44. The average molecular weight is 430 g/mol. The third-order valence-corrected chi connectivity index (χ3v) is 4.47. The zero-order valence-electron chi connectivity index (χ0n) is 15.2. The Bertz CT molecular complexity index is 911. The summed E-state index contributed by atoms with van der Waals surface area (Å²) < 4.78 is 2.13. The maximum absolute atomic E-state index is 11.9. The first-order valence-corrected chi connectivity index (χ1v) is 8.61. The molecular weight excluding hydrogens is 407 g/mol. The van der Waals surface area contributed by atoms with E-state index in [1.54, 1.807) is 0 Å². The molecule has 1 heterocycles. The van der Waals surface area contributed by atoms with Crippen LogP contribution in [0.1, 0.15) is 17.8 Å². The minimum absolute atomic E-state index is 0. The molecule has 8 heteroatoms. The molecule has 0 saturated carbocycles. The number of para-hydroxylation sites is 2. The van der Waals surface area contributed by atoms with Gasteiger partial charge in [0.2, 0.25) is 5.91 Å². The van der Waals surface area contributed by atoms with E-state index in [1.807, 2.05) is 56.4 Å². The van der Waals surface area contributed by atoms with Crippen LogP contribution in [-0.4, -0.2) is 29.1 Å². The summed E-state index contributed by atoms with van der Waals surface area (Å²) in [5.41, 5.74) is 3.73. The zero-order valence-corrected chi connectivity index (χ0v) is 17.5. The lowest BCUT2D eigenvalue weighted by atomic mass is 10.2. The van der Waals surface area contributed by atoms with E-state index in [1.165, 1.54) is 0 Å². The Morgan fingerprint density at radius 2 is 1.93 bits per heavy atom. The predicted molar refractivity (Wildman–Crippen MR) is 117 cm³/mol. The molecule has 2 N–H and O–H groups in total. The maximum Gasteiger partial charge on any atom is 0.225 e. The minimum atomic E-state index is -0.0214. The summed E-state index contributed by atoms with van der Waals surface area (Å²) in [5, 5.41) is 6.55. The number of hydrogen-bond donors (Lipinski definition) is 2. The lowest BCUT2D eigenvalue weighted by Crippen LogP contribution is -2.18. The van der Waals surface area contributed by atoms with Crippen molar-refractivity contribution in [3.63, 3.8) is 0 Å². The Hall–Kier alpha value is -1.79. The Kier molecular flexibility index (Phi) is 9.06. The highest BCUT2D eigenvalue weighted by Crippen LogP contribution is 2.24. The molecule has 146 valence electrons. The molecule has 1 amide bonds. The van der Waals surface area contributed by atoms with Crippen molar-refractivity contribution in [1.82, 2.24) is 14.9 Å². The number of carbonyl (C=O) groups is 1. The first-order chi connectivity index (χ1) is 12.1. The van der Waals surface area contributed by atoms with Gasteiger partial charge in [-0.1, -0.05) is 23.7 Å². The van der Waals surface area contributed by atoms with E-state index >= 15 is 0 Å². The van der Waals surface area contributed by atoms with Gasteiger partial charge in [-0.05, 0) is 49.9 Å². The van der Waals surface area contributed by atoms with Crippen molar-refractivity contribution in [2.75, 3.05) is 18.9 Å². The number of nitrogens with one attached hydrogen (secondary N) is 2. The van der Waals surface area contributed by atoms with E-state index in [2.05, 4.69) is 20.2 Å². The van der Waals surface area contributed by atoms with Crippen molar-refractivity contribution in [1.29, 1.82) is 0 Å². The summed E-state index contributed by atoms with van der Waals surface area (Å²) in [5.74, 6) is 0.910. The van der Waals surface area contributed by atoms with E-state index in [0.29, 0.717) is 24.5 Å². The normalized spacial score (nSPS) is 10.2. The van der Waals surface area contributed by atoms with Crippen LogP contribution in [0, 0.1) is 6.92 Å². The van der Waals surface area contributed by atoms with Crippen LogP contribution in [0.25, 0.3) is 11.0 Å². The molecule has 5 nitrogen and oxygen atoms in total. The highest BCUT2D eigenvalue weighted by molar-refractivity contribution is 6.31. The number of amides is 1. The molecule has 0 aliphatic carbocycles. The maximum atomic E-state index is 11.9. The molecule has 1 aromatic heterocycles. The van der Waals surface area contributed by atoms with Gasteiger partial charge in [0, 0.05) is 23.7 Å². The van der Waals surface area contributed by atoms with E-state index in [-0.39, 0.29) is 30.7 Å². The minimum Gasteiger partial charge on any atom is -0.326 e. The van der Waals surface area contributed by atoms with Gasteiger partial charge in [0.05, 0.1) is 17.6 Å². The number of anilines is 1. The molecule has 0 unspecified atom stereocenters. The Morgan fingerprint density at radius 3 is 2.67 bits per heavy atom. The van der Waals surface area contributed by atoms with Crippen LogP contribution in [0.2, 0.25) is 5.02 Å². The third-order valence-electron chi connectivity index (χ3n) is 4.11. The molecule has 2 aromatic carbocycles. The number of aromatic nitrogens is 2. The molecule has 0 spiro atoms. The monoisotopic (exact) mass is 428 g/mol. The van der Waals surface area contributed by atoms with Gasteiger partial charge in [0.25, 0.3) is 0 Å². The van der Waals surface area contributed by atoms with Gasteiger partial charge in [0.1, 0.15) is 5.82 Å². The quantitative estimate of drug-likeness (QED) is 0.609. The second kappa shape index (κ2) is 10.5. The summed E-state index contributed by atoms with van der Waals surface area (Å²) in [4.78, 5) is 16.5. The van der Waals surface area contributed by atoms with Crippen molar-refractivity contribution >= 4 is 59.0 Å². The molecule has 0 aliphatic heterocycles. The summed E-state index contributed by atoms with van der Waals surface area (Å²) in [7, 11) is 1.82. The molecular formula is C19H23Cl3N4O. The second-order valence-electron chi connectivity index (χ2n) is 5.94. The summed E-state index contributed by atoms with van der Waals surface area (Å²) >= 11 is 6.38. The number of carbonyl (C=O) groups excluding carboxylic acids is 1. The van der Waals surface area contributed by atoms with Gasteiger partial charge in [-0.3, -0.25) is 4.79 Å². The highest BCUT2D eigenvalue weighted by Gasteiger charge is 2.11. The van der Waals surface area contributed by atoms with Crippen LogP contribution in [0.3, 0.4) is 0 Å². The molecule has 0 aliphatic rings. The number of hydrogen-bond acceptors (Lipinski definition) is 3. The molecule has 0 atom stereocenters. The fourth-order valence-electron chi connectivity index (χ4n) is 2.80. The second-order valence-corrected chi connectivity index (χ2v) is 6.35. The SMILES string of the molecule is CNCCC(=O)Nc1ccc(Cl)c(Cn2c(C)nc3ccccc32)c1.Cl.Cl. The van der Waals surface area contributed by atoms with Crippen LogP contribution < -0.4 is 10.6 Å². The first kappa shape index (κ1) is 23.2. The van der Waals surface area contributed by atoms with E-state index in [4.69, 9.17) is 11.6 Å². The number of benzene rings is 2. The molecule has 0 bridgehead atoms. The lowest BCUT2D eigenvalue weighted by molar-refractivity contribution is -0.116. The van der Waals surface area contributed by atoms with Crippen molar-refractivity contribution in [3.05, 3.63) is 58.9 Å². The third kappa shape index (κ3) is 5.59. The largest absolute Gasteiger partial charge is 0.326 e. The summed E-state index contributed by atoms with van der Waals surface area (Å²) in [6.07, 6.45) is 0.430. The average Bonchev–Trinajstić information content (AvgIpc) is 2.91. The van der Waals surface area contributed by atoms with Crippen LogP contribution in [0.5, 0.6) is 0 Å². The van der Waals surface area contributed by atoms with Crippen LogP contribution in [-0.2, 0) is 11.3 Å². The van der Waals surface area contributed by atoms with Gasteiger partial charge < -0.3 is 15.2 Å². The number of fused-ring (bicyclic) bond motifs is 1. The molecule has 3 rings (SSSR count). The number of imidazole rings is 1. The molecule has 3 aromatic rings. The van der Waals surface area contributed by atoms with E-state index in [9.17, 15) is 4.79 Å². The molecule has 0 fully saturated rings. The number of halogens is 3. The fourth-order valence-corrected chi connectivity index (χ4v) is 2.98.